The van der Waals surface area contributed by atoms with E-state index in [1.807, 2.05) is 6.92 Å². The van der Waals surface area contributed by atoms with Gasteiger partial charge in [0.1, 0.15) is 23.7 Å². The smallest absolute Gasteiger partial charge is 0.137 e. The lowest BCUT2D eigenvalue weighted by atomic mass is 10.0. The molecule has 1 aromatic heterocycles. The number of rotatable bonds is 6. The summed E-state index contributed by atoms with van der Waals surface area (Å²) in [7, 11) is 0. The lowest BCUT2D eigenvalue weighted by molar-refractivity contribution is 0.340. The van der Waals surface area contributed by atoms with Gasteiger partial charge in [-0.3, -0.25) is 0 Å². The van der Waals surface area contributed by atoms with E-state index in [4.69, 9.17) is 14.7 Å². The Hall–Kier alpha value is -2.30. The zero-order valence-electron chi connectivity index (χ0n) is 17.1. The number of hydrogen-bond acceptors (Lipinski definition) is 5. The van der Waals surface area contributed by atoms with Crippen molar-refractivity contribution in [3.8, 4) is 5.75 Å². The Kier molecular flexibility index (Phi) is 6.30. The van der Waals surface area contributed by atoms with Crippen LogP contribution in [0.5, 0.6) is 5.75 Å². The second-order valence-corrected chi connectivity index (χ2v) is 7.85. The molecule has 0 saturated carbocycles. The van der Waals surface area contributed by atoms with Gasteiger partial charge in [-0.1, -0.05) is 12.1 Å². The first-order valence-electron chi connectivity index (χ1n) is 10.9. The molecular formula is C23H32N4O. The molecule has 2 aliphatic heterocycles. The molecule has 1 aromatic carbocycles. The molecule has 5 heteroatoms. The zero-order chi connectivity index (χ0) is 19.2. The quantitative estimate of drug-likeness (QED) is 0.741. The highest BCUT2D eigenvalue weighted by Gasteiger charge is 2.23. The molecule has 2 aromatic rings. The minimum atomic E-state index is 0.699. The Morgan fingerprint density at radius 2 is 1.32 bits per heavy atom. The number of anilines is 2. The van der Waals surface area contributed by atoms with Gasteiger partial charge in [0.05, 0.1) is 6.61 Å². The molecule has 4 rings (SSSR count). The van der Waals surface area contributed by atoms with Crippen LogP contribution in [0.2, 0.25) is 0 Å². The van der Waals surface area contributed by atoms with Crippen molar-refractivity contribution >= 4 is 11.6 Å². The second-order valence-electron chi connectivity index (χ2n) is 7.85. The van der Waals surface area contributed by atoms with Crippen molar-refractivity contribution in [2.24, 2.45) is 0 Å². The van der Waals surface area contributed by atoms with E-state index in [1.54, 1.807) is 6.33 Å². The summed E-state index contributed by atoms with van der Waals surface area (Å²) in [6.45, 7) is 7.13. The summed E-state index contributed by atoms with van der Waals surface area (Å²) < 4.78 is 5.61. The van der Waals surface area contributed by atoms with Gasteiger partial charge in [-0.05, 0) is 63.1 Å². The minimum absolute atomic E-state index is 0.699. The zero-order valence-corrected chi connectivity index (χ0v) is 17.1. The van der Waals surface area contributed by atoms with Crippen LogP contribution in [0.1, 0.15) is 56.6 Å². The van der Waals surface area contributed by atoms with Crippen LogP contribution in [0.4, 0.5) is 11.6 Å². The summed E-state index contributed by atoms with van der Waals surface area (Å²) in [6, 6.07) is 8.50. The normalized spacial score (nSPS) is 17.6. The number of nitrogens with zero attached hydrogens (tertiary/aromatic N) is 4. The van der Waals surface area contributed by atoms with Crippen LogP contribution in [-0.2, 0) is 6.42 Å². The Balaban J connectivity index is 1.66. The molecule has 0 N–H and O–H groups in total. The van der Waals surface area contributed by atoms with Crippen molar-refractivity contribution in [1.29, 1.82) is 0 Å². The maximum Gasteiger partial charge on any atom is 0.137 e. The van der Waals surface area contributed by atoms with Crippen LogP contribution in [0.25, 0.3) is 0 Å². The van der Waals surface area contributed by atoms with E-state index < -0.39 is 0 Å². The average Bonchev–Trinajstić information content (AvgIpc) is 2.77. The van der Waals surface area contributed by atoms with Crippen LogP contribution in [0, 0.1) is 0 Å². The molecule has 28 heavy (non-hydrogen) atoms. The standard InChI is InChI=1S/C23H32N4O/c1-2-28-20-11-9-19(10-12-20)17-21-22(26-13-5-3-6-14-26)24-18-25-23(21)27-15-7-4-8-16-27/h9-12,18H,2-8,13-17H2,1H3. The first-order chi connectivity index (χ1) is 13.8. The van der Waals surface area contributed by atoms with Crippen LogP contribution in [-0.4, -0.2) is 42.8 Å². The van der Waals surface area contributed by atoms with Crippen molar-refractivity contribution in [3.63, 3.8) is 0 Å². The Labute approximate surface area is 168 Å². The number of benzene rings is 1. The number of ether oxygens (including phenoxy) is 1. The molecule has 3 heterocycles. The van der Waals surface area contributed by atoms with Gasteiger partial charge in [-0.25, -0.2) is 9.97 Å². The molecule has 2 saturated heterocycles. The van der Waals surface area contributed by atoms with Crippen LogP contribution in [0.15, 0.2) is 30.6 Å². The van der Waals surface area contributed by atoms with E-state index in [9.17, 15) is 0 Å². The largest absolute Gasteiger partial charge is 0.494 e. The van der Waals surface area contributed by atoms with Gasteiger partial charge in [0.2, 0.25) is 0 Å². The molecule has 5 nitrogen and oxygen atoms in total. The summed E-state index contributed by atoms with van der Waals surface area (Å²) >= 11 is 0. The van der Waals surface area contributed by atoms with Gasteiger partial charge in [0.25, 0.3) is 0 Å². The first-order valence-corrected chi connectivity index (χ1v) is 10.9. The van der Waals surface area contributed by atoms with Crippen molar-refractivity contribution in [2.45, 2.75) is 51.9 Å². The van der Waals surface area contributed by atoms with Crippen molar-refractivity contribution < 1.29 is 4.74 Å². The van der Waals surface area contributed by atoms with Crippen molar-refractivity contribution in [3.05, 3.63) is 41.7 Å². The summed E-state index contributed by atoms with van der Waals surface area (Å²) in [4.78, 5) is 14.5. The second kappa shape index (κ2) is 9.26. The SMILES string of the molecule is CCOc1ccc(Cc2c(N3CCCCC3)ncnc2N2CCCCC2)cc1. The molecule has 0 spiro atoms. The van der Waals surface area contributed by atoms with Gasteiger partial charge in [-0.15, -0.1) is 0 Å². The molecular weight excluding hydrogens is 348 g/mol. The number of aromatic nitrogens is 2. The fourth-order valence-corrected chi connectivity index (χ4v) is 4.38. The summed E-state index contributed by atoms with van der Waals surface area (Å²) in [5, 5.41) is 0. The summed E-state index contributed by atoms with van der Waals surface area (Å²) in [5.41, 5.74) is 2.57. The van der Waals surface area contributed by atoms with E-state index in [0.717, 1.165) is 50.0 Å². The third kappa shape index (κ3) is 4.40. The lowest BCUT2D eigenvalue weighted by Gasteiger charge is -2.33. The fraction of sp³-hybridized carbons (Fsp3) is 0.565. The van der Waals surface area contributed by atoms with E-state index in [1.165, 1.54) is 49.7 Å². The van der Waals surface area contributed by atoms with Gasteiger partial charge in [0.15, 0.2) is 0 Å². The maximum atomic E-state index is 5.61. The van der Waals surface area contributed by atoms with Gasteiger partial charge in [-0.2, -0.15) is 0 Å². The Bertz CT molecular complexity index is 713. The molecule has 0 amide bonds. The Morgan fingerprint density at radius 1 is 0.786 bits per heavy atom. The fourth-order valence-electron chi connectivity index (χ4n) is 4.38. The lowest BCUT2D eigenvalue weighted by Crippen LogP contribution is -2.34. The molecule has 2 fully saturated rings. The van der Waals surface area contributed by atoms with Gasteiger partial charge in [0, 0.05) is 38.2 Å². The first kappa shape index (κ1) is 19.0. The summed E-state index contributed by atoms with van der Waals surface area (Å²) in [5.74, 6) is 3.22. The molecule has 0 aliphatic carbocycles. The highest BCUT2D eigenvalue weighted by atomic mass is 16.5. The highest BCUT2D eigenvalue weighted by molar-refractivity contribution is 5.62. The predicted octanol–water partition coefficient (Wildman–Crippen LogP) is 4.45. The van der Waals surface area contributed by atoms with Crippen LogP contribution >= 0.6 is 0 Å². The highest BCUT2D eigenvalue weighted by Crippen LogP contribution is 2.32. The van der Waals surface area contributed by atoms with Crippen LogP contribution < -0.4 is 14.5 Å². The maximum absolute atomic E-state index is 5.61. The van der Waals surface area contributed by atoms with Gasteiger partial charge < -0.3 is 14.5 Å². The van der Waals surface area contributed by atoms with Crippen molar-refractivity contribution in [2.75, 3.05) is 42.6 Å². The van der Waals surface area contributed by atoms with E-state index >= 15 is 0 Å². The number of piperidine rings is 2. The van der Waals surface area contributed by atoms with Gasteiger partial charge >= 0.3 is 0 Å². The average molecular weight is 381 g/mol. The van der Waals surface area contributed by atoms with E-state index in [0.29, 0.717) is 6.61 Å². The molecule has 150 valence electrons. The third-order valence-electron chi connectivity index (χ3n) is 5.83. The topological polar surface area (TPSA) is 41.5 Å². The number of hydrogen-bond donors (Lipinski definition) is 0. The minimum Gasteiger partial charge on any atom is -0.494 e. The molecule has 0 atom stereocenters. The van der Waals surface area contributed by atoms with Crippen LogP contribution in [0.3, 0.4) is 0 Å². The molecule has 0 unspecified atom stereocenters. The Morgan fingerprint density at radius 3 is 1.82 bits per heavy atom. The third-order valence-corrected chi connectivity index (χ3v) is 5.83. The molecule has 0 radical (unpaired) electrons. The monoisotopic (exact) mass is 380 g/mol. The van der Waals surface area contributed by atoms with Crippen molar-refractivity contribution in [1.82, 2.24) is 9.97 Å². The van der Waals surface area contributed by atoms with E-state index in [-0.39, 0.29) is 0 Å². The molecule has 2 aliphatic rings. The predicted molar refractivity (Wildman–Crippen MR) is 115 cm³/mol. The molecule has 0 bridgehead atoms. The van der Waals surface area contributed by atoms with E-state index in [2.05, 4.69) is 34.1 Å². The summed E-state index contributed by atoms with van der Waals surface area (Å²) in [6.07, 6.45) is 10.3.